The van der Waals surface area contributed by atoms with Gasteiger partial charge in [0.1, 0.15) is 6.61 Å². The van der Waals surface area contributed by atoms with E-state index in [1.165, 1.54) is 6.92 Å². The molecule has 12 heavy (non-hydrogen) atoms. The van der Waals surface area contributed by atoms with E-state index in [4.69, 9.17) is 0 Å². The molecule has 0 spiro atoms. The number of esters is 1. The maximum atomic E-state index is 10.3. The first kappa shape index (κ1) is 11.4. The smallest absolute Gasteiger partial charge is 0.302 e. The number of aliphatic hydroxyl groups excluding tert-OH is 1. The average Bonchev–Trinajstić information content (AvgIpc) is 2.01. The minimum absolute atomic E-state index is 0.138. The number of carbonyl (C=O) groups is 1. The fraction of sp³-hybridized carbons (Fsp3) is 0.889. The first-order chi connectivity index (χ1) is 5.66. The van der Waals surface area contributed by atoms with Crippen molar-refractivity contribution >= 4 is 5.97 Å². The topological polar surface area (TPSA) is 46.5 Å². The molecule has 0 heterocycles. The lowest BCUT2D eigenvalue weighted by Crippen LogP contribution is -2.16. The van der Waals surface area contributed by atoms with Crippen molar-refractivity contribution in [2.45, 2.75) is 45.6 Å². The van der Waals surface area contributed by atoms with Crippen LogP contribution in [0.4, 0.5) is 0 Å². The van der Waals surface area contributed by atoms with Crippen LogP contribution in [0.1, 0.15) is 39.5 Å². The van der Waals surface area contributed by atoms with E-state index in [0.29, 0.717) is 0 Å². The summed E-state index contributed by atoms with van der Waals surface area (Å²) in [5.41, 5.74) is 0. The molecule has 0 radical (unpaired) electrons. The van der Waals surface area contributed by atoms with Crippen molar-refractivity contribution in [2.75, 3.05) is 6.61 Å². The molecular formula is C9H18O3. The molecule has 0 saturated carbocycles. The highest BCUT2D eigenvalue weighted by Gasteiger charge is 2.04. The first-order valence-electron chi connectivity index (χ1n) is 4.48. The molecule has 3 heteroatoms. The minimum atomic E-state index is -0.486. The van der Waals surface area contributed by atoms with E-state index in [1.807, 2.05) is 0 Å². The Morgan fingerprint density at radius 2 is 2.17 bits per heavy atom. The SMILES string of the molecule is CCCCC[C@H](O)COC(C)=O. The standard InChI is InChI=1S/C9H18O3/c1-3-4-5-6-9(11)7-12-8(2)10/h9,11H,3-7H2,1-2H3/t9-/m0/s1. The molecule has 0 bridgehead atoms. The zero-order valence-electron chi connectivity index (χ0n) is 7.88. The largest absolute Gasteiger partial charge is 0.463 e. The van der Waals surface area contributed by atoms with Crippen molar-refractivity contribution in [3.8, 4) is 0 Å². The summed E-state index contributed by atoms with van der Waals surface area (Å²) in [6.07, 6.45) is 3.50. The van der Waals surface area contributed by atoms with Crippen molar-refractivity contribution in [3.63, 3.8) is 0 Å². The Morgan fingerprint density at radius 3 is 2.67 bits per heavy atom. The molecule has 0 saturated heterocycles. The number of unbranched alkanes of at least 4 members (excludes halogenated alkanes) is 2. The molecule has 0 aliphatic heterocycles. The third-order valence-electron chi connectivity index (χ3n) is 1.62. The molecule has 0 amide bonds. The molecule has 0 aromatic carbocycles. The van der Waals surface area contributed by atoms with Crippen LogP contribution in [-0.2, 0) is 9.53 Å². The van der Waals surface area contributed by atoms with E-state index in [2.05, 4.69) is 11.7 Å². The van der Waals surface area contributed by atoms with E-state index in [1.54, 1.807) is 0 Å². The van der Waals surface area contributed by atoms with Crippen LogP contribution < -0.4 is 0 Å². The van der Waals surface area contributed by atoms with Crippen molar-refractivity contribution in [3.05, 3.63) is 0 Å². The van der Waals surface area contributed by atoms with E-state index < -0.39 is 6.10 Å². The Labute approximate surface area is 73.7 Å². The summed E-state index contributed by atoms with van der Waals surface area (Å²) in [4.78, 5) is 10.3. The summed E-state index contributed by atoms with van der Waals surface area (Å²) in [5, 5.41) is 9.25. The first-order valence-corrected chi connectivity index (χ1v) is 4.48. The number of aliphatic hydroxyl groups is 1. The molecule has 0 fully saturated rings. The molecule has 1 atom stereocenters. The highest BCUT2D eigenvalue weighted by Crippen LogP contribution is 2.03. The van der Waals surface area contributed by atoms with Gasteiger partial charge in [-0.15, -0.1) is 0 Å². The van der Waals surface area contributed by atoms with Gasteiger partial charge in [-0.25, -0.2) is 0 Å². The second-order valence-corrected chi connectivity index (χ2v) is 2.95. The fourth-order valence-corrected chi connectivity index (χ4v) is 0.927. The van der Waals surface area contributed by atoms with Crippen LogP contribution >= 0.6 is 0 Å². The lowest BCUT2D eigenvalue weighted by atomic mass is 10.1. The van der Waals surface area contributed by atoms with E-state index >= 15 is 0 Å². The van der Waals surface area contributed by atoms with Gasteiger partial charge in [0.25, 0.3) is 0 Å². The third-order valence-corrected chi connectivity index (χ3v) is 1.62. The number of rotatable bonds is 6. The Balaban J connectivity index is 3.21. The lowest BCUT2D eigenvalue weighted by Gasteiger charge is -2.09. The fourth-order valence-electron chi connectivity index (χ4n) is 0.927. The maximum absolute atomic E-state index is 10.3. The predicted molar refractivity (Wildman–Crippen MR) is 46.8 cm³/mol. The van der Waals surface area contributed by atoms with Crippen LogP contribution in [0, 0.1) is 0 Å². The van der Waals surface area contributed by atoms with Crippen LogP contribution in [0.2, 0.25) is 0 Å². The molecule has 0 rings (SSSR count). The third kappa shape index (κ3) is 7.54. The Morgan fingerprint density at radius 1 is 1.50 bits per heavy atom. The summed E-state index contributed by atoms with van der Waals surface area (Å²) in [6, 6.07) is 0. The zero-order valence-corrected chi connectivity index (χ0v) is 7.88. The Kier molecular flexibility index (Phi) is 6.76. The summed E-state index contributed by atoms with van der Waals surface area (Å²) < 4.78 is 4.65. The van der Waals surface area contributed by atoms with Crippen LogP contribution in [0.15, 0.2) is 0 Å². The predicted octanol–water partition coefficient (Wildman–Crippen LogP) is 1.49. The van der Waals surface area contributed by atoms with Gasteiger partial charge in [-0.3, -0.25) is 4.79 Å². The summed E-state index contributed by atoms with van der Waals surface area (Å²) in [7, 11) is 0. The molecule has 72 valence electrons. The van der Waals surface area contributed by atoms with Gasteiger partial charge in [0.15, 0.2) is 0 Å². The maximum Gasteiger partial charge on any atom is 0.302 e. The number of carbonyl (C=O) groups excluding carboxylic acids is 1. The van der Waals surface area contributed by atoms with Gasteiger partial charge < -0.3 is 9.84 Å². The number of ether oxygens (including phenoxy) is 1. The Hall–Kier alpha value is -0.570. The van der Waals surface area contributed by atoms with Crippen LogP contribution in [0.25, 0.3) is 0 Å². The van der Waals surface area contributed by atoms with Gasteiger partial charge in [0.2, 0.25) is 0 Å². The number of hydrogen-bond acceptors (Lipinski definition) is 3. The van der Waals surface area contributed by atoms with Gasteiger partial charge in [-0.05, 0) is 6.42 Å². The van der Waals surface area contributed by atoms with Gasteiger partial charge in [0.05, 0.1) is 6.10 Å². The Bertz CT molecular complexity index is 123. The normalized spacial score (nSPS) is 12.6. The van der Waals surface area contributed by atoms with Crippen molar-refractivity contribution in [1.29, 1.82) is 0 Å². The molecule has 1 N–H and O–H groups in total. The van der Waals surface area contributed by atoms with Crippen LogP contribution in [0.5, 0.6) is 0 Å². The second kappa shape index (κ2) is 7.10. The monoisotopic (exact) mass is 174 g/mol. The van der Waals surface area contributed by atoms with Gasteiger partial charge in [0, 0.05) is 6.92 Å². The molecule has 0 unspecified atom stereocenters. The van der Waals surface area contributed by atoms with Crippen LogP contribution in [-0.4, -0.2) is 23.8 Å². The van der Waals surface area contributed by atoms with E-state index in [-0.39, 0.29) is 12.6 Å². The molecular weight excluding hydrogens is 156 g/mol. The molecule has 0 aromatic rings. The number of hydrogen-bond donors (Lipinski definition) is 1. The highest BCUT2D eigenvalue weighted by molar-refractivity contribution is 5.65. The van der Waals surface area contributed by atoms with Gasteiger partial charge in [-0.1, -0.05) is 26.2 Å². The molecule has 0 aliphatic carbocycles. The molecule has 0 aliphatic rings. The van der Waals surface area contributed by atoms with Gasteiger partial charge >= 0.3 is 5.97 Å². The van der Waals surface area contributed by atoms with E-state index in [9.17, 15) is 9.90 Å². The van der Waals surface area contributed by atoms with Crippen molar-refractivity contribution in [2.24, 2.45) is 0 Å². The zero-order chi connectivity index (χ0) is 9.40. The van der Waals surface area contributed by atoms with Crippen molar-refractivity contribution < 1.29 is 14.6 Å². The minimum Gasteiger partial charge on any atom is -0.463 e. The quantitative estimate of drug-likeness (QED) is 0.490. The van der Waals surface area contributed by atoms with E-state index in [0.717, 1.165) is 25.7 Å². The summed E-state index contributed by atoms with van der Waals surface area (Å²) in [6.45, 7) is 3.59. The molecule has 0 aromatic heterocycles. The van der Waals surface area contributed by atoms with Gasteiger partial charge in [-0.2, -0.15) is 0 Å². The average molecular weight is 174 g/mol. The molecule has 3 nitrogen and oxygen atoms in total. The highest BCUT2D eigenvalue weighted by atomic mass is 16.5. The summed E-state index contributed by atoms with van der Waals surface area (Å²) >= 11 is 0. The summed E-state index contributed by atoms with van der Waals surface area (Å²) in [5.74, 6) is -0.329. The van der Waals surface area contributed by atoms with Crippen LogP contribution in [0.3, 0.4) is 0 Å². The lowest BCUT2D eigenvalue weighted by molar-refractivity contribution is -0.144. The second-order valence-electron chi connectivity index (χ2n) is 2.95. The van der Waals surface area contributed by atoms with Crippen molar-refractivity contribution in [1.82, 2.24) is 0 Å².